The Labute approximate surface area is 83.0 Å². The Hall–Kier alpha value is -0.830. The van der Waals surface area contributed by atoms with Gasteiger partial charge in [0.15, 0.2) is 0 Å². The molecule has 0 aliphatic heterocycles. The highest BCUT2D eigenvalue weighted by Crippen LogP contribution is 2.15. The van der Waals surface area contributed by atoms with E-state index in [9.17, 15) is 4.79 Å². The first-order valence-corrected chi connectivity index (χ1v) is 5.38. The number of aryl methyl sites for hydroxylation is 1. The third kappa shape index (κ3) is 2.56. The monoisotopic (exact) mass is 197 g/mol. The Balaban J connectivity index is 2.64. The van der Waals surface area contributed by atoms with E-state index in [0.717, 1.165) is 16.9 Å². The van der Waals surface area contributed by atoms with Crippen LogP contribution in [0.4, 0.5) is 0 Å². The lowest BCUT2D eigenvalue weighted by Crippen LogP contribution is -2.31. The molecule has 0 saturated heterocycles. The van der Waals surface area contributed by atoms with Crippen LogP contribution in [0.25, 0.3) is 0 Å². The van der Waals surface area contributed by atoms with Crippen molar-refractivity contribution in [2.24, 2.45) is 0 Å². The van der Waals surface area contributed by atoms with Crippen LogP contribution in [-0.4, -0.2) is 11.9 Å². The summed E-state index contributed by atoms with van der Waals surface area (Å²) in [7, 11) is 0. The summed E-state index contributed by atoms with van der Waals surface area (Å²) in [4.78, 5) is 12.4. The van der Waals surface area contributed by atoms with E-state index in [1.807, 2.05) is 25.3 Å². The van der Waals surface area contributed by atoms with E-state index in [-0.39, 0.29) is 11.9 Å². The van der Waals surface area contributed by atoms with E-state index in [0.29, 0.717) is 0 Å². The fourth-order valence-electron chi connectivity index (χ4n) is 0.997. The second-order valence-corrected chi connectivity index (χ2v) is 4.13. The molecule has 1 amide bonds. The van der Waals surface area contributed by atoms with Crippen LogP contribution in [-0.2, 0) is 0 Å². The summed E-state index contributed by atoms with van der Waals surface area (Å²) >= 11 is 1.50. The summed E-state index contributed by atoms with van der Waals surface area (Å²) < 4.78 is 0. The number of amides is 1. The maximum Gasteiger partial charge on any atom is 0.261 e. The van der Waals surface area contributed by atoms with Gasteiger partial charge in [0.05, 0.1) is 4.88 Å². The molecule has 72 valence electrons. The summed E-state index contributed by atoms with van der Waals surface area (Å²) in [5.74, 6) is 0.0573. The smallest absolute Gasteiger partial charge is 0.261 e. The van der Waals surface area contributed by atoms with Crippen LogP contribution in [0, 0.1) is 6.92 Å². The summed E-state index contributed by atoms with van der Waals surface area (Å²) in [6.45, 7) is 6.04. The summed E-state index contributed by atoms with van der Waals surface area (Å²) in [5.41, 5.74) is 1.06. The lowest BCUT2D eigenvalue weighted by atomic mass is 10.2. The first-order valence-electron chi connectivity index (χ1n) is 4.50. The quantitative estimate of drug-likeness (QED) is 0.792. The molecule has 1 aromatic rings. The fraction of sp³-hybridized carbons (Fsp3) is 0.500. The van der Waals surface area contributed by atoms with E-state index in [1.54, 1.807) is 0 Å². The zero-order valence-electron chi connectivity index (χ0n) is 8.26. The molecule has 1 N–H and O–H groups in total. The van der Waals surface area contributed by atoms with Gasteiger partial charge in [-0.2, -0.15) is 0 Å². The minimum Gasteiger partial charge on any atom is -0.349 e. The van der Waals surface area contributed by atoms with Crippen molar-refractivity contribution in [1.82, 2.24) is 5.32 Å². The average Bonchev–Trinajstić information content (AvgIpc) is 2.51. The number of hydrogen-bond donors (Lipinski definition) is 1. The number of carbonyl (C=O) groups is 1. The number of thiophene rings is 1. The van der Waals surface area contributed by atoms with Crippen molar-refractivity contribution in [3.63, 3.8) is 0 Å². The molecule has 3 heteroatoms. The predicted octanol–water partition coefficient (Wildman–Crippen LogP) is 2.58. The lowest BCUT2D eigenvalue weighted by molar-refractivity contribution is 0.0943. The first kappa shape index (κ1) is 10.3. The molecular weight excluding hydrogens is 182 g/mol. The van der Waals surface area contributed by atoms with Crippen molar-refractivity contribution < 1.29 is 4.79 Å². The van der Waals surface area contributed by atoms with E-state index >= 15 is 0 Å². The van der Waals surface area contributed by atoms with Crippen molar-refractivity contribution in [3.05, 3.63) is 21.9 Å². The van der Waals surface area contributed by atoms with Gasteiger partial charge in [0.1, 0.15) is 0 Å². The number of hydrogen-bond acceptors (Lipinski definition) is 2. The third-order valence-corrected chi connectivity index (χ3v) is 3.07. The maximum atomic E-state index is 11.6. The van der Waals surface area contributed by atoms with E-state index in [4.69, 9.17) is 0 Å². The molecule has 0 fully saturated rings. The Morgan fingerprint density at radius 1 is 1.69 bits per heavy atom. The average molecular weight is 197 g/mol. The first-order chi connectivity index (χ1) is 6.15. The highest BCUT2D eigenvalue weighted by atomic mass is 32.1. The molecule has 0 spiro atoms. The molecule has 0 aromatic carbocycles. The Bertz CT molecular complexity index is 293. The molecule has 0 aliphatic carbocycles. The maximum absolute atomic E-state index is 11.6. The SMILES string of the molecule is CCC(C)NC(=O)c1sccc1C. The number of carbonyl (C=O) groups excluding carboxylic acids is 1. The summed E-state index contributed by atoms with van der Waals surface area (Å²) in [6.07, 6.45) is 0.968. The second kappa shape index (κ2) is 4.42. The van der Waals surface area contributed by atoms with Crippen LogP contribution in [0.3, 0.4) is 0 Å². The molecule has 1 unspecified atom stereocenters. The van der Waals surface area contributed by atoms with Crippen LogP contribution in [0.2, 0.25) is 0 Å². The normalized spacial score (nSPS) is 12.5. The molecule has 0 bridgehead atoms. The van der Waals surface area contributed by atoms with Gasteiger partial charge in [0, 0.05) is 6.04 Å². The van der Waals surface area contributed by atoms with E-state index < -0.39 is 0 Å². The van der Waals surface area contributed by atoms with Crippen molar-refractivity contribution in [2.45, 2.75) is 33.2 Å². The van der Waals surface area contributed by atoms with Crippen LogP contribution >= 0.6 is 11.3 Å². The molecular formula is C10H15NOS. The van der Waals surface area contributed by atoms with Gasteiger partial charge in [-0.1, -0.05) is 6.92 Å². The van der Waals surface area contributed by atoms with Gasteiger partial charge in [0.2, 0.25) is 0 Å². The minimum absolute atomic E-state index is 0.0573. The van der Waals surface area contributed by atoms with Gasteiger partial charge in [-0.05, 0) is 37.3 Å². The number of nitrogens with one attached hydrogen (secondary N) is 1. The molecule has 0 saturated carbocycles. The van der Waals surface area contributed by atoms with Gasteiger partial charge in [-0.15, -0.1) is 11.3 Å². The van der Waals surface area contributed by atoms with E-state index in [1.165, 1.54) is 11.3 Å². The highest BCUT2D eigenvalue weighted by molar-refractivity contribution is 7.12. The molecule has 0 radical (unpaired) electrons. The standard InChI is InChI=1S/C10H15NOS/c1-4-8(3)11-10(12)9-7(2)5-6-13-9/h5-6,8H,4H2,1-3H3,(H,11,12). The zero-order chi connectivity index (χ0) is 9.84. The fourth-order valence-corrected chi connectivity index (χ4v) is 1.82. The van der Waals surface area contributed by atoms with Gasteiger partial charge >= 0.3 is 0 Å². The largest absolute Gasteiger partial charge is 0.349 e. The van der Waals surface area contributed by atoms with Gasteiger partial charge in [-0.25, -0.2) is 0 Å². The molecule has 1 atom stereocenters. The van der Waals surface area contributed by atoms with Crippen LogP contribution < -0.4 is 5.32 Å². The van der Waals surface area contributed by atoms with Gasteiger partial charge in [0.25, 0.3) is 5.91 Å². The van der Waals surface area contributed by atoms with Crippen molar-refractivity contribution in [1.29, 1.82) is 0 Å². The summed E-state index contributed by atoms with van der Waals surface area (Å²) in [6, 6.07) is 2.23. The Kier molecular flexibility index (Phi) is 3.48. The van der Waals surface area contributed by atoms with E-state index in [2.05, 4.69) is 12.2 Å². The van der Waals surface area contributed by atoms with Crippen LogP contribution in [0.1, 0.15) is 35.5 Å². The molecule has 1 aromatic heterocycles. The van der Waals surface area contributed by atoms with Gasteiger partial charge < -0.3 is 5.32 Å². The molecule has 0 aliphatic rings. The Morgan fingerprint density at radius 3 is 2.85 bits per heavy atom. The second-order valence-electron chi connectivity index (χ2n) is 3.22. The van der Waals surface area contributed by atoms with Gasteiger partial charge in [-0.3, -0.25) is 4.79 Å². The third-order valence-electron chi connectivity index (χ3n) is 2.06. The van der Waals surface area contributed by atoms with Crippen molar-refractivity contribution in [2.75, 3.05) is 0 Å². The predicted molar refractivity (Wildman–Crippen MR) is 56.3 cm³/mol. The zero-order valence-corrected chi connectivity index (χ0v) is 9.07. The van der Waals surface area contributed by atoms with Crippen molar-refractivity contribution >= 4 is 17.2 Å². The topological polar surface area (TPSA) is 29.1 Å². The molecule has 1 heterocycles. The minimum atomic E-state index is 0.0573. The number of rotatable bonds is 3. The molecule has 13 heavy (non-hydrogen) atoms. The van der Waals surface area contributed by atoms with Crippen molar-refractivity contribution in [3.8, 4) is 0 Å². The molecule has 1 rings (SSSR count). The Morgan fingerprint density at radius 2 is 2.38 bits per heavy atom. The lowest BCUT2D eigenvalue weighted by Gasteiger charge is -2.10. The molecule has 2 nitrogen and oxygen atoms in total. The van der Waals surface area contributed by atoms with Crippen LogP contribution in [0.5, 0.6) is 0 Å². The highest BCUT2D eigenvalue weighted by Gasteiger charge is 2.11. The van der Waals surface area contributed by atoms with Crippen LogP contribution in [0.15, 0.2) is 11.4 Å². The summed E-state index contributed by atoms with van der Waals surface area (Å²) in [5, 5.41) is 4.89.